The largest absolute Gasteiger partial charge is 0.367 e. The van der Waals surface area contributed by atoms with Gasteiger partial charge in [0.2, 0.25) is 5.91 Å². The number of piperazine rings is 1. The van der Waals surface area contributed by atoms with Crippen molar-refractivity contribution in [1.82, 2.24) is 5.06 Å². The molecule has 1 heterocycles. The van der Waals surface area contributed by atoms with E-state index in [2.05, 4.69) is 0 Å². The first-order valence-corrected chi connectivity index (χ1v) is 6.91. The molecule has 1 aliphatic rings. The van der Waals surface area contributed by atoms with Crippen LogP contribution in [0.2, 0.25) is 0 Å². The average Bonchev–Trinajstić information content (AvgIpc) is 2.39. The third-order valence-electron chi connectivity index (χ3n) is 3.21. The summed E-state index contributed by atoms with van der Waals surface area (Å²) < 4.78 is 26.7. The maximum absolute atomic E-state index is 13.7. The lowest BCUT2D eigenvalue weighted by Crippen LogP contribution is -2.51. The summed E-state index contributed by atoms with van der Waals surface area (Å²) in [5, 5.41) is 1.26. The minimum Gasteiger partial charge on any atom is -0.367 e. The van der Waals surface area contributed by atoms with Crippen molar-refractivity contribution < 1.29 is 23.2 Å². The molecule has 0 aromatic heterocycles. The van der Waals surface area contributed by atoms with Gasteiger partial charge in [0.15, 0.2) is 0 Å². The minimum absolute atomic E-state index is 0.0215. The van der Waals surface area contributed by atoms with Gasteiger partial charge in [-0.1, -0.05) is 0 Å². The van der Waals surface area contributed by atoms with Crippen LogP contribution in [0.3, 0.4) is 0 Å². The van der Waals surface area contributed by atoms with Crippen LogP contribution in [0.4, 0.5) is 14.5 Å². The highest BCUT2D eigenvalue weighted by Gasteiger charge is 2.32. The van der Waals surface area contributed by atoms with Crippen molar-refractivity contribution in [2.24, 2.45) is 5.41 Å². The van der Waals surface area contributed by atoms with Gasteiger partial charge in [0, 0.05) is 12.6 Å². The van der Waals surface area contributed by atoms with E-state index in [1.807, 2.05) is 0 Å². The van der Waals surface area contributed by atoms with Crippen LogP contribution >= 0.6 is 0 Å². The van der Waals surface area contributed by atoms with E-state index in [0.29, 0.717) is 0 Å². The number of carbonyl (C=O) groups is 2. The van der Waals surface area contributed by atoms with Crippen LogP contribution in [0.15, 0.2) is 18.2 Å². The number of carbonyl (C=O) groups excluding carboxylic acids is 2. The molecule has 1 aromatic rings. The maximum atomic E-state index is 13.7. The van der Waals surface area contributed by atoms with Crippen molar-refractivity contribution in [3.8, 4) is 0 Å². The fourth-order valence-electron chi connectivity index (χ4n) is 1.94. The summed E-state index contributed by atoms with van der Waals surface area (Å²) >= 11 is 0. The summed E-state index contributed by atoms with van der Waals surface area (Å²) in [4.78, 5) is 30.3. The van der Waals surface area contributed by atoms with E-state index < -0.39 is 28.9 Å². The van der Waals surface area contributed by atoms with E-state index in [-0.39, 0.29) is 25.3 Å². The predicted molar refractivity (Wildman–Crippen MR) is 75.8 cm³/mol. The lowest BCUT2D eigenvalue weighted by Gasteiger charge is -2.34. The fourth-order valence-corrected chi connectivity index (χ4v) is 1.94. The summed E-state index contributed by atoms with van der Waals surface area (Å²) in [6.07, 6.45) is 0. The third kappa shape index (κ3) is 3.59. The maximum Gasteiger partial charge on any atom is 0.330 e. The van der Waals surface area contributed by atoms with Crippen molar-refractivity contribution in [1.29, 1.82) is 0 Å². The molecule has 0 N–H and O–H groups in total. The van der Waals surface area contributed by atoms with Gasteiger partial charge in [-0.3, -0.25) is 4.79 Å². The molecule has 120 valence electrons. The monoisotopic (exact) mass is 312 g/mol. The molecule has 0 unspecified atom stereocenters. The van der Waals surface area contributed by atoms with Crippen molar-refractivity contribution in [3.05, 3.63) is 29.8 Å². The van der Waals surface area contributed by atoms with Crippen LogP contribution in [-0.4, -0.2) is 36.6 Å². The SMILES string of the molecule is CC(C)(C)C(=O)ON1CCN(c2ccc(F)cc2F)C(=O)C1. The molecule has 0 radical (unpaired) electrons. The molecule has 1 aliphatic heterocycles. The molecule has 2 rings (SSSR count). The van der Waals surface area contributed by atoms with E-state index >= 15 is 0 Å². The Morgan fingerprint density at radius 3 is 2.45 bits per heavy atom. The Morgan fingerprint density at radius 2 is 1.91 bits per heavy atom. The number of hydroxylamine groups is 2. The van der Waals surface area contributed by atoms with Gasteiger partial charge in [-0.05, 0) is 32.9 Å². The Labute approximate surface area is 127 Å². The number of benzene rings is 1. The number of rotatable bonds is 2. The van der Waals surface area contributed by atoms with Gasteiger partial charge >= 0.3 is 5.97 Å². The van der Waals surface area contributed by atoms with E-state index in [1.165, 1.54) is 16.0 Å². The normalized spacial score (nSPS) is 16.8. The molecule has 7 heteroatoms. The zero-order valence-electron chi connectivity index (χ0n) is 12.7. The van der Waals surface area contributed by atoms with E-state index in [0.717, 1.165) is 12.1 Å². The summed E-state index contributed by atoms with van der Waals surface area (Å²) in [5.74, 6) is -2.36. The summed E-state index contributed by atoms with van der Waals surface area (Å²) in [6.45, 7) is 5.37. The van der Waals surface area contributed by atoms with Gasteiger partial charge in [-0.15, -0.1) is 5.06 Å². The van der Waals surface area contributed by atoms with Gasteiger partial charge in [-0.25, -0.2) is 13.6 Å². The number of hydrogen-bond donors (Lipinski definition) is 0. The standard InChI is InChI=1S/C15H18F2N2O3/c1-15(2,3)14(21)22-18-6-7-19(13(20)9-18)12-5-4-10(16)8-11(12)17/h4-5,8H,6-7,9H2,1-3H3. The lowest BCUT2D eigenvalue weighted by molar-refractivity contribution is -0.202. The Bertz CT molecular complexity index is 599. The topological polar surface area (TPSA) is 49.9 Å². The molecular formula is C15H18F2N2O3. The second kappa shape index (κ2) is 6.00. The second-order valence-corrected chi connectivity index (χ2v) is 6.13. The molecule has 22 heavy (non-hydrogen) atoms. The van der Waals surface area contributed by atoms with Crippen LogP contribution in [-0.2, 0) is 14.4 Å². The highest BCUT2D eigenvalue weighted by Crippen LogP contribution is 2.23. The van der Waals surface area contributed by atoms with Crippen LogP contribution in [0, 0.1) is 17.0 Å². The van der Waals surface area contributed by atoms with Crippen LogP contribution in [0.5, 0.6) is 0 Å². The first-order chi connectivity index (χ1) is 10.2. The van der Waals surface area contributed by atoms with Crippen molar-refractivity contribution in [2.45, 2.75) is 20.8 Å². The molecule has 1 fully saturated rings. The van der Waals surface area contributed by atoms with Gasteiger partial charge in [0.05, 0.1) is 17.6 Å². The molecule has 0 atom stereocenters. The molecule has 0 bridgehead atoms. The average molecular weight is 312 g/mol. The summed E-state index contributed by atoms with van der Waals surface area (Å²) in [5.41, 5.74) is -0.656. The lowest BCUT2D eigenvalue weighted by atomic mass is 9.98. The van der Waals surface area contributed by atoms with Gasteiger partial charge in [0.1, 0.15) is 18.2 Å². The van der Waals surface area contributed by atoms with Crippen molar-refractivity contribution in [3.63, 3.8) is 0 Å². The number of anilines is 1. The predicted octanol–water partition coefficient (Wildman–Crippen LogP) is 2.12. The van der Waals surface area contributed by atoms with E-state index in [4.69, 9.17) is 4.84 Å². The smallest absolute Gasteiger partial charge is 0.330 e. The molecule has 0 saturated carbocycles. The highest BCUT2D eigenvalue weighted by molar-refractivity contribution is 5.95. The Hall–Kier alpha value is -2.02. The number of hydrogen-bond acceptors (Lipinski definition) is 4. The first-order valence-electron chi connectivity index (χ1n) is 6.91. The third-order valence-corrected chi connectivity index (χ3v) is 3.21. The Balaban J connectivity index is 2.04. The second-order valence-electron chi connectivity index (χ2n) is 6.13. The fraction of sp³-hybridized carbons (Fsp3) is 0.467. The van der Waals surface area contributed by atoms with Crippen LogP contribution in [0.1, 0.15) is 20.8 Å². The zero-order valence-corrected chi connectivity index (χ0v) is 12.7. The molecule has 0 spiro atoms. The number of halogens is 2. The van der Waals surface area contributed by atoms with Crippen LogP contribution < -0.4 is 4.90 Å². The quantitative estimate of drug-likeness (QED) is 0.839. The van der Waals surface area contributed by atoms with Crippen LogP contribution in [0.25, 0.3) is 0 Å². The summed E-state index contributed by atoms with van der Waals surface area (Å²) in [7, 11) is 0. The molecule has 1 saturated heterocycles. The Kier molecular flexibility index (Phi) is 4.46. The zero-order chi connectivity index (χ0) is 16.5. The van der Waals surface area contributed by atoms with Gasteiger partial charge in [-0.2, -0.15) is 0 Å². The van der Waals surface area contributed by atoms with Crippen molar-refractivity contribution >= 4 is 17.6 Å². The van der Waals surface area contributed by atoms with Crippen molar-refractivity contribution in [2.75, 3.05) is 24.5 Å². The molecule has 5 nitrogen and oxygen atoms in total. The molecule has 1 amide bonds. The van der Waals surface area contributed by atoms with E-state index in [1.54, 1.807) is 20.8 Å². The first kappa shape index (κ1) is 16.4. The molecular weight excluding hydrogens is 294 g/mol. The highest BCUT2D eigenvalue weighted by atomic mass is 19.1. The number of nitrogens with zero attached hydrogens (tertiary/aromatic N) is 2. The summed E-state index contributed by atoms with van der Waals surface area (Å²) in [6, 6.07) is 3.05. The Morgan fingerprint density at radius 1 is 1.23 bits per heavy atom. The number of amides is 1. The molecule has 0 aliphatic carbocycles. The van der Waals surface area contributed by atoms with Gasteiger partial charge < -0.3 is 9.74 Å². The van der Waals surface area contributed by atoms with Gasteiger partial charge in [0.25, 0.3) is 0 Å². The van der Waals surface area contributed by atoms with E-state index in [9.17, 15) is 18.4 Å². The molecule has 1 aromatic carbocycles. The minimum atomic E-state index is -0.798.